The number of sulfone groups is 1. The topological polar surface area (TPSA) is 61.2 Å². The Balaban J connectivity index is 2.34. The number of hydrogen-bond donors (Lipinski definition) is 0. The van der Waals surface area contributed by atoms with Crippen molar-refractivity contribution in [3.63, 3.8) is 0 Å². The fourth-order valence-electron chi connectivity index (χ4n) is 2.21. The highest BCUT2D eigenvalue weighted by molar-refractivity contribution is 7.95. The lowest BCUT2D eigenvalue weighted by Crippen LogP contribution is -2.21. The van der Waals surface area contributed by atoms with Gasteiger partial charge < -0.3 is 4.90 Å². The zero-order valence-electron chi connectivity index (χ0n) is 11.0. The van der Waals surface area contributed by atoms with E-state index in [0.29, 0.717) is 10.7 Å². The molecule has 0 radical (unpaired) electrons. The molecule has 0 spiro atoms. The van der Waals surface area contributed by atoms with Crippen LogP contribution in [0.15, 0.2) is 58.5 Å². The van der Waals surface area contributed by atoms with Crippen molar-refractivity contribution in [1.29, 1.82) is 5.26 Å². The summed E-state index contributed by atoms with van der Waals surface area (Å²) in [5, 5.41) is 9.48. The zero-order valence-corrected chi connectivity index (χ0v) is 12.6. The summed E-state index contributed by atoms with van der Waals surface area (Å²) in [6, 6.07) is 11.8. The van der Waals surface area contributed by atoms with E-state index in [1.165, 1.54) is 17.2 Å². The van der Waals surface area contributed by atoms with Gasteiger partial charge in [-0.3, -0.25) is 0 Å². The Morgan fingerprint density at radius 3 is 2.55 bits per heavy atom. The van der Waals surface area contributed by atoms with Crippen molar-refractivity contribution in [3.05, 3.63) is 64.4 Å². The summed E-state index contributed by atoms with van der Waals surface area (Å²) in [6.45, 7) is 0. The maximum Gasteiger partial charge on any atom is 0.220 e. The van der Waals surface area contributed by atoms with E-state index in [4.69, 9.17) is 16.9 Å². The van der Waals surface area contributed by atoms with Crippen molar-refractivity contribution in [3.8, 4) is 6.07 Å². The summed E-state index contributed by atoms with van der Waals surface area (Å²) >= 11 is 6.14. The number of para-hydroxylation sites is 1. The second-order valence-electron chi connectivity index (χ2n) is 4.54. The normalized spacial score (nSPS) is 15.7. The largest absolute Gasteiger partial charge is 0.312 e. The molecule has 2 aromatic carbocycles. The predicted octanol–water partition coefficient (Wildman–Crippen LogP) is 3.77. The number of hydrogen-bond acceptors (Lipinski definition) is 4. The van der Waals surface area contributed by atoms with E-state index in [1.54, 1.807) is 30.3 Å². The average Bonchev–Trinajstić information content (AvgIpc) is 2.49. The quantitative estimate of drug-likeness (QED) is 0.796. The maximum absolute atomic E-state index is 13.5. The Morgan fingerprint density at radius 1 is 1.14 bits per heavy atom. The van der Waals surface area contributed by atoms with Crippen molar-refractivity contribution in [2.45, 2.75) is 4.90 Å². The SMILES string of the molecule is N#CC1=CN(c2ccccc2Cl)c2ccc(F)cc2S1(=O)=O. The Morgan fingerprint density at radius 2 is 1.86 bits per heavy atom. The molecule has 0 atom stereocenters. The fourth-order valence-corrected chi connectivity index (χ4v) is 3.75. The lowest BCUT2D eigenvalue weighted by atomic mass is 10.2. The molecule has 0 saturated heterocycles. The molecule has 7 heteroatoms. The summed E-state index contributed by atoms with van der Waals surface area (Å²) < 4.78 is 38.1. The summed E-state index contributed by atoms with van der Waals surface area (Å²) in [5.41, 5.74) is 0.744. The van der Waals surface area contributed by atoms with E-state index < -0.39 is 20.6 Å². The third-order valence-corrected chi connectivity index (χ3v) is 5.23. The van der Waals surface area contributed by atoms with E-state index in [9.17, 15) is 12.8 Å². The summed E-state index contributed by atoms with van der Waals surface area (Å²) in [6.07, 6.45) is 1.19. The highest BCUT2D eigenvalue weighted by atomic mass is 35.5. The fraction of sp³-hybridized carbons (Fsp3) is 0. The summed E-state index contributed by atoms with van der Waals surface area (Å²) in [4.78, 5) is 0.744. The second-order valence-corrected chi connectivity index (χ2v) is 6.84. The zero-order chi connectivity index (χ0) is 15.9. The number of nitrogens with zero attached hydrogens (tertiary/aromatic N) is 2. The molecule has 0 amide bonds. The maximum atomic E-state index is 13.5. The van der Waals surface area contributed by atoms with Crippen LogP contribution in [0.1, 0.15) is 0 Å². The van der Waals surface area contributed by atoms with Gasteiger partial charge in [-0.15, -0.1) is 0 Å². The highest BCUT2D eigenvalue weighted by Gasteiger charge is 2.33. The molecule has 110 valence electrons. The third kappa shape index (κ3) is 2.15. The summed E-state index contributed by atoms with van der Waals surface area (Å²) in [5.74, 6) is -0.694. The standard InChI is InChI=1S/C15H8ClFN2O2S/c16-12-3-1-2-4-13(12)19-9-11(8-18)22(20,21)15-7-10(17)5-6-14(15)19/h1-7,9H. The molecule has 0 aliphatic carbocycles. The van der Waals surface area contributed by atoms with Gasteiger partial charge in [-0.2, -0.15) is 5.26 Å². The van der Waals surface area contributed by atoms with Crippen LogP contribution >= 0.6 is 11.6 Å². The molecule has 22 heavy (non-hydrogen) atoms. The number of halogens is 2. The molecule has 0 unspecified atom stereocenters. The van der Waals surface area contributed by atoms with Crippen LogP contribution in [-0.2, 0) is 9.84 Å². The molecular weight excluding hydrogens is 327 g/mol. The highest BCUT2D eigenvalue weighted by Crippen LogP contribution is 2.41. The number of anilines is 2. The monoisotopic (exact) mass is 334 g/mol. The lowest BCUT2D eigenvalue weighted by Gasteiger charge is -2.28. The van der Waals surface area contributed by atoms with Gasteiger partial charge >= 0.3 is 0 Å². The van der Waals surface area contributed by atoms with E-state index in [2.05, 4.69) is 0 Å². The molecule has 0 aromatic heterocycles. The van der Waals surface area contributed by atoms with E-state index in [0.717, 1.165) is 12.1 Å². The van der Waals surface area contributed by atoms with E-state index in [-0.39, 0.29) is 10.6 Å². The molecule has 2 aromatic rings. The van der Waals surface area contributed by atoms with Gasteiger partial charge in [0.2, 0.25) is 9.84 Å². The van der Waals surface area contributed by atoms with Crippen molar-refractivity contribution in [1.82, 2.24) is 0 Å². The first kappa shape index (κ1) is 14.6. The van der Waals surface area contributed by atoms with Gasteiger partial charge in [0, 0.05) is 6.20 Å². The number of nitriles is 1. The molecule has 0 fully saturated rings. The Bertz CT molecular complexity index is 948. The number of fused-ring (bicyclic) bond motifs is 1. The molecular formula is C15H8ClFN2O2S. The average molecular weight is 335 g/mol. The molecule has 0 saturated carbocycles. The van der Waals surface area contributed by atoms with Gasteiger partial charge in [0.05, 0.1) is 21.3 Å². The molecule has 1 heterocycles. The van der Waals surface area contributed by atoms with Crippen LogP contribution in [-0.4, -0.2) is 8.42 Å². The Kier molecular flexibility index (Phi) is 3.39. The number of allylic oxidation sites excluding steroid dienone is 1. The van der Waals surface area contributed by atoms with Crippen LogP contribution in [0.2, 0.25) is 5.02 Å². The molecule has 1 aliphatic rings. The minimum absolute atomic E-state index is 0.244. The van der Waals surface area contributed by atoms with Crippen LogP contribution in [0.4, 0.5) is 15.8 Å². The van der Waals surface area contributed by atoms with Crippen LogP contribution < -0.4 is 4.90 Å². The van der Waals surface area contributed by atoms with Gasteiger partial charge in [0.25, 0.3) is 0 Å². The summed E-state index contributed by atoms with van der Waals surface area (Å²) in [7, 11) is -4.03. The number of benzene rings is 2. The molecule has 3 rings (SSSR count). The molecule has 4 nitrogen and oxygen atoms in total. The van der Waals surface area contributed by atoms with Gasteiger partial charge in [-0.05, 0) is 30.3 Å². The first-order valence-corrected chi connectivity index (χ1v) is 8.01. The first-order valence-electron chi connectivity index (χ1n) is 6.15. The van der Waals surface area contributed by atoms with Crippen LogP contribution in [0, 0.1) is 17.1 Å². The van der Waals surface area contributed by atoms with Crippen LogP contribution in [0.25, 0.3) is 0 Å². The molecule has 0 N–H and O–H groups in total. The van der Waals surface area contributed by atoms with E-state index >= 15 is 0 Å². The van der Waals surface area contributed by atoms with Crippen molar-refractivity contribution < 1.29 is 12.8 Å². The van der Waals surface area contributed by atoms with Crippen LogP contribution in [0.5, 0.6) is 0 Å². The minimum atomic E-state index is -4.03. The molecule has 1 aliphatic heterocycles. The van der Waals surface area contributed by atoms with Gasteiger partial charge in [0.15, 0.2) is 4.91 Å². The lowest BCUT2D eigenvalue weighted by molar-refractivity contribution is 0.596. The predicted molar refractivity (Wildman–Crippen MR) is 80.9 cm³/mol. The first-order chi connectivity index (χ1) is 10.4. The second kappa shape index (κ2) is 5.13. The Hall–Kier alpha value is -2.36. The van der Waals surface area contributed by atoms with Gasteiger partial charge in [0.1, 0.15) is 11.9 Å². The van der Waals surface area contributed by atoms with Crippen molar-refractivity contribution >= 4 is 32.8 Å². The van der Waals surface area contributed by atoms with E-state index in [1.807, 2.05) is 0 Å². The van der Waals surface area contributed by atoms with Gasteiger partial charge in [-0.1, -0.05) is 23.7 Å². The third-order valence-electron chi connectivity index (χ3n) is 3.23. The van der Waals surface area contributed by atoms with Gasteiger partial charge in [-0.25, -0.2) is 12.8 Å². The smallest absolute Gasteiger partial charge is 0.220 e. The van der Waals surface area contributed by atoms with Crippen molar-refractivity contribution in [2.24, 2.45) is 0 Å². The minimum Gasteiger partial charge on any atom is -0.312 e. The molecule has 0 bridgehead atoms. The van der Waals surface area contributed by atoms with Crippen LogP contribution in [0.3, 0.4) is 0 Å². The van der Waals surface area contributed by atoms with Crippen molar-refractivity contribution in [2.75, 3.05) is 4.90 Å². The Labute approximate surface area is 131 Å². The number of rotatable bonds is 1.